The summed E-state index contributed by atoms with van der Waals surface area (Å²) in [6, 6.07) is 23.5. The van der Waals surface area contributed by atoms with E-state index in [0.29, 0.717) is 33.5 Å². The summed E-state index contributed by atoms with van der Waals surface area (Å²) < 4.78 is 12.3. The Bertz CT molecular complexity index is 1580. The molecule has 0 saturated heterocycles. The minimum absolute atomic E-state index is 0.146. The van der Waals surface area contributed by atoms with E-state index in [2.05, 4.69) is 10.5 Å². The van der Waals surface area contributed by atoms with Crippen LogP contribution in [-0.2, 0) is 24.6 Å². The molecule has 0 aliphatic heterocycles. The van der Waals surface area contributed by atoms with Crippen molar-refractivity contribution in [2.24, 2.45) is 16.8 Å². The van der Waals surface area contributed by atoms with Crippen molar-refractivity contribution in [1.29, 1.82) is 0 Å². The van der Waals surface area contributed by atoms with Crippen molar-refractivity contribution in [2.45, 2.75) is 46.1 Å². The van der Waals surface area contributed by atoms with Crippen molar-refractivity contribution in [2.75, 3.05) is 5.73 Å². The molecule has 0 bridgehead atoms. The number of nitrogens with one attached hydrogen (secondary N) is 1. The van der Waals surface area contributed by atoms with Gasteiger partial charge in [-0.1, -0.05) is 91.6 Å². The smallest absolute Gasteiger partial charge is 0.234 e. The van der Waals surface area contributed by atoms with E-state index in [0.717, 1.165) is 22.3 Å². The van der Waals surface area contributed by atoms with Gasteiger partial charge in [-0.2, -0.15) is 0 Å². The van der Waals surface area contributed by atoms with Crippen molar-refractivity contribution in [1.82, 2.24) is 5.32 Å². The quantitative estimate of drug-likeness (QED) is 0.0974. The van der Waals surface area contributed by atoms with Crippen molar-refractivity contribution >= 4 is 40.5 Å². The van der Waals surface area contributed by atoms with Crippen molar-refractivity contribution in [3.63, 3.8) is 0 Å². The molecule has 0 heterocycles. The topological polar surface area (TPSA) is 129 Å². The third-order valence-electron chi connectivity index (χ3n) is 6.84. The van der Waals surface area contributed by atoms with Crippen LogP contribution in [-0.4, -0.2) is 11.9 Å². The number of carbonyl (C=O) groups excluding carboxylic acids is 1. The molecule has 0 radical (unpaired) electrons. The number of nitrogen functional groups attached to an aromatic ring is 1. The molecule has 10 heteroatoms. The number of nitrogens with two attached hydrogens (primary N) is 2. The van der Waals surface area contributed by atoms with E-state index in [4.69, 9.17) is 44.1 Å². The van der Waals surface area contributed by atoms with Crippen LogP contribution < -0.4 is 26.3 Å². The molecule has 1 amide bonds. The Morgan fingerprint density at radius 1 is 0.907 bits per heavy atom. The number of carbonyl (C=O) groups is 1. The first-order valence-electron chi connectivity index (χ1n) is 13.8. The molecule has 0 aliphatic carbocycles. The van der Waals surface area contributed by atoms with Crippen LogP contribution in [0.4, 0.5) is 11.4 Å². The van der Waals surface area contributed by atoms with E-state index in [1.807, 2.05) is 62.4 Å². The third-order valence-corrected chi connectivity index (χ3v) is 7.58. The lowest BCUT2D eigenvalue weighted by atomic mass is 10.0. The zero-order chi connectivity index (χ0) is 30.9. The zero-order valence-electron chi connectivity index (χ0n) is 24.0. The Balaban J connectivity index is 1.59. The Morgan fingerprint density at radius 3 is 2.33 bits per heavy atom. The van der Waals surface area contributed by atoms with E-state index in [9.17, 15) is 9.70 Å². The van der Waals surface area contributed by atoms with Crippen molar-refractivity contribution in [3.8, 4) is 22.6 Å². The number of amides is 1. The molecular formula is C33H34Cl2N4O4. The van der Waals surface area contributed by atoms with Gasteiger partial charge in [-0.25, -0.2) is 0 Å². The van der Waals surface area contributed by atoms with Gasteiger partial charge in [0.05, 0.1) is 21.8 Å². The highest BCUT2D eigenvalue weighted by atomic mass is 35.5. The highest BCUT2D eigenvalue weighted by molar-refractivity contribution is 6.34. The van der Waals surface area contributed by atoms with Gasteiger partial charge >= 0.3 is 0 Å². The average Bonchev–Trinajstić information content (AvgIpc) is 2.99. The van der Waals surface area contributed by atoms with Gasteiger partial charge in [0.1, 0.15) is 30.4 Å². The minimum atomic E-state index is -0.523. The maximum Gasteiger partial charge on any atom is 0.234 e. The van der Waals surface area contributed by atoms with Crippen LogP contribution in [0.3, 0.4) is 0 Å². The first-order valence-corrected chi connectivity index (χ1v) is 14.6. The first-order chi connectivity index (χ1) is 20.7. The van der Waals surface area contributed by atoms with E-state index >= 15 is 0 Å². The van der Waals surface area contributed by atoms with Crippen LogP contribution in [0.15, 0.2) is 84.0 Å². The summed E-state index contributed by atoms with van der Waals surface area (Å²) in [5.41, 5.74) is 16.1. The van der Waals surface area contributed by atoms with Gasteiger partial charge < -0.3 is 26.3 Å². The summed E-state index contributed by atoms with van der Waals surface area (Å²) in [4.78, 5) is 23.0. The SMILES string of the molecule is CC(C)C[C@H](NCc1cc(Cl)c(OCc2cccc(-c3ccccc3)c2Cl)cc1OCc1ccc(N=O)c(N)c1)C(N)=O. The van der Waals surface area contributed by atoms with Crippen LogP contribution in [0.2, 0.25) is 10.0 Å². The molecule has 0 unspecified atom stereocenters. The monoisotopic (exact) mass is 620 g/mol. The Labute approximate surface area is 261 Å². The number of primary amides is 1. The molecule has 0 aromatic heterocycles. The minimum Gasteiger partial charge on any atom is -0.488 e. The van der Waals surface area contributed by atoms with Crippen molar-refractivity contribution in [3.05, 3.63) is 111 Å². The normalized spacial score (nSPS) is 11.7. The Morgan fingerprint density at radius 2 is 1.65 bits per heavy atom. The van der Waals surface area contributed by atoms with Gasteiger partial charge in [0, 0.05) is 29.3 Å². The molecular weight excluding hydrogens is 587 g/mol. The number of anilines is 1. The standard InChI is InChI=1S/C33H34Cl2N4O4/c1-20(2)13-29(33(37)40)38-17-24-15-26(34)31(16-30(24)42-18-21-11-12-28(39-41)27(36)14-21)43-19-23-9-6-10-25(32(23)35)22-7-4-3-5-8-22/h3-12,14-16,20,29,38H,13,17-19,36H2,1-2H3,(H2,37,40)/t29-/m0/s1. The van der Waals surface area contributed by atoms with Gasteiger partial charge in [-0.15, -0.1) is 4.91 Å². The van der Waals surface area contributed by atoms with Gasteiger partial charge in [0.15, 0.2) is 0 Å². The highest BCUT2D eigenvalue weighted by Crippen LogP contribution is 2.36. The number of halogens is 2. The fraction of sp³-hybridized carbons (Fsp3) is 0.242. The largest absolute Gasteiger partial charge is 0.488 e. The van der Waals surface area contributed by atoms with E-state index in [-0.39, 0.29) is 37.1 Å². The predicted octanol–water partition coefficient (Wildman–Crippen LogP) is 7.79. The van der Waals surface area contributed by atoms with Gasteiger partial charge in [-0.05, 0) is 46.8 Å². The molecule has 8 nitrogen and oxygen atoms in total. The van der Waals surface area contributed by atoms with Crippen LogP contribution in [0.25, 0.3) is 11.1 Å². The van der Waals surface area contributed by atoms with Crippen LogP contribution in [0.5, 0.6) is 11.5 Å². The fourth-order valence-electron chi connectivity index (χ4n) is 4.59. The lowest BCUT2D eigenvalue weighted by Gasteiger charge is -2.20. The number of hydrogen-bond acceptors (Lipinski definition) is 7. The second kappa shape index (κ2) is 14.9. The molecule has 0 aliphatic rings. The maximum absolute atomic E-state index is 12.0. The molecule has 5 N–H and O–H groups in total. The lowest BCUT2D eigenvalue weighted by molar-refractivity contribution is -0.120. The molecule has 4 aromatic carbocycles. The van der Waals surface area contributed by atoms with Crippen LogP contribution in [0, 0.1) is 10.8 Å². The lowest BCUT2D eigenvalue weighted by Crippen LogP contribution is -2.41. The molecule has 0 spiro atoms. The van der Waals surface area contributed by atoms with E-state index < -0.39 is 11.9 Å². The molecule has 1 atom stereocenters. The summed E-state index contributed by atoms with van der Waals surface area (Å²) in [7, 11) is 0. The Hall–Kier alpha value is -4.11. The van der Waals surface area contributed by atoms with Crippen molar-refractivity contribution < 1.29 is 14.3 Å². The van der Waals surface area contributed by atoms with Gasteiger partial charge in [0.2, 0.25) is 5.91 Å². The van der Waals surface area contributed by atoms with Crippen LogP contribution >= 0.6 is 23.2 Å². The molecule has 0 saturated carbocycles. The summed E-state index contributed by atoms with van der Waals surface area (Å²) >= 11 is 13.4. The zero-order valence-corrected chi connectivity index (χ0v) is 25.5. The van der Waals surface area contributed by atoms with E-state index in [1.165, 1.54) is 6.07 Å². The van der Waals surface area contributed by atoms with Crippen LogP contribution in [0.1, 0.15) is 37.0 Å². The summed E-state index contributed by atoms with van der Waals surface area (Å²) in [6.45, 7) is 4.64. The number of nitroso groups, excluding NO2 is 1. The fourth-order valence-corrected chi connectivity index (χ4v) is 5.12. The summed E-state index contributed by atoms with van der Waals surface area (Å²) in [5.74, 6) is 0.716. The number of ether oxygens (including phenoxy) is 2. The molecule has 0 fully saturated rings. The number of rotatable bonds is 14. The molecule has 43 heavy (non-hydrogen) atoms. The summed E-state index contributed by atoms with van der Waals surface area (Å²) in [5, 5.41) is 7.10. The summed E-state index contributed by atoms with van der Waals surface area (Å²) in [6.07, 6.45) is 0.583. The van der Waals surface area contributed by atoms with E-state index in [1.54, 1.807) is 24.3 Å². The third kappa shape index (κ3) is 8.47. The first kappa shape index (κ1) is 31.8. The maximum atomic E-state index is 12.0. The van der Waals surface area contributed by atoms with Gasteiger partial charge in [-0.3, -0.25) is 4.79 Å². The highest BCUT2D eigenvalue weighted by Gasteiger charge is 2.19. The average molecular weight is 622 g/mol. The second-order valence-electron chi connectivity index (χ2n) is 10.6. The number of nitrogens with zero attached hydrogens (tertiary/aromatic N) is 1. The Kier molecular flexibility index (Phi) is 11.0. The van der Waals surface area contributed by atoms with Gasteiger partial charge in [0.25, 0.3) is 0 Å². The number of benzene rings is 4. The molecule has 4 aromatic rings. The number of hydrogen-bond donors (Lipinski definition) is 3. The predicted molar refractivity (Wildman–Crippen MR) is 173 cm³/mol. The second-order valence-corrected chi connectivity index (χ2v) is 11.3. The molecule has 4 rings (SSSR count). The molecule has 224 valence electrons.